The van der Waals surface area contributed by atoms with Gasteiger partial charge >= 0.3 is 5.97 Å². The van der Waals surface area contributed by atoms with Crippen molar-refractivity contribution in [3.05, 3.63) is 49.6 Å². The molecule has 0 fully saturated rings. The van der Waals surface area contributed by atoms with Crippen molar-refractivity contribution in [1.82, 2.24) is 0 Å². The standard InChI is InChI=1S/C13H9BrClNO3S/c1-19-13(18)8-6-7(15)2-3-9(8)16-12(17)10-4-5-11(14)20-10/h2-6H,1H3,(H,16,17). The second-order valence-electron chi connectivity index (χ2n) is 3.74. The second-order valence-corrected chi connectivity index (χ2v) is 6.64. The van der Waals surface area contributed by atoms with E-state index in [1.807, 2.05) is 0 Å². The predicted molar refractivity (Wildman–Crippen MR) is 82.8 cm³/mol. The molecule has 0 atom stereocenters. The van der Waals surface area contributed by atoms with Crippen LogP contribution < -0.4 is 5.32 Å². The third kappa shape index (κ3) is 3.39. The van der Waals surface area contributed by atoms with E-state index in [1.165, 1.54) is 24.5 Å². The van der Waals surface area contributed by atoms with E-state index in [0.29, 0.717) is 15.6 Å². The predicted octanol–water partition coefficient (Wildman–Crippen LogP) is 4.20. The van der Waals surface area contributed by atoms with Crippen LogP contribution in [0.3, 0.4) is 0 Å². The second kappa shape index (κ2) is 6.39. The summed E-state index contributed by atoms with van der Waals surface area (Å²) in [5, 5.41) is 3.06. The number of hydrogen-bond acceptors (Lipinski definition) is 4. The third-order valence-electron chi connectivity index (χ3n) is 2.43. The molecule has 20 heavy (non-hydrogen) atoms. The Morgan fingerprint density at radius 3 is 2.65 bits per heavy atom. The van der Waals surface area contributed by atoms with Crippen LogP contribution in [0.2, 0.25) is 5.02 Å². The Bertz CT molecular complexity index is 671. The van der Waals surface area contributed by atoms with Gasteiger partial charge in [-0.05, 0) is 46.3 Å². The molecule has 0 aliphatic carbocycles. The van der Waals surface area contributed by atoms with Gasteiger partial charge < -0.3 is 10.1 Å². The molecule has 0 saturated carbocycles. The van der Waals surface area contributed by atoms with Gasteiger partial charge in [0.25, 0.3) is 5.91 Å². The summed E-state index contributed by atoms with van der Waals surface area (Å²) in [7, 11) is 1.27. The fraction of sp³-hybridized carbons (Fsp3) is 0.0769. The molecule has 1 heterocycles. The average molecular weight is 375 g/mol. The minimum absolute atomic E-state index is 0.212. The van der Waals surface area contributed by atoms with Crippen molar-refractivity contribution < 1.29 is 14.3 Å². The number of thiophene rings is 1. The maximum atomic E-state index is 12.1. The summed E-state index contributed by atoms with van der Waals surface area (Å²) in [6, 6.07) is 8.08. The van der Waals surface area contributed by atoms with Gasteiger partial charge in [-0.25, -0.2) is 4.79 Å². The van der Waals surface area contributed by atoms with Crippen LogP contribution in [0.15, 0.2) is 34.1 Å². The fourth-order valence-electron chi connectivity index (χ4n) is 1.52. The van der Waals surface area contributed by atoms with Crippen LogP contribution in [0.1, 0.15) is 20.0 Å². The van der Waals surface area contributed by atoms with Gasteiger partial charge in [0.15, 0.2) is 0 Å². The van der Waals surface area contributed by atoms with Crippen LogP contribution in [0, 0.1) is 0 Å². The number of methoxy groups -OCH3 is 1. The third-order valence-corrected chi connectivity index (χ3v) is 4.29. The Morgan fingerprint density at radius 1 is 1.30 bits per heavy atom. The van der Waals surface area contributed by atoms with Crippen LogP contribution >= 0.6 is 38.9 Å². The molecule has 1 N–H and O–H groups in total. The Kier molecular flexibility index (Phi) is 4.80. The van der Waals surface area contributed by atoms with Crippen LogP contribution in [-0.4, -0.2) is 19.0 Å². The van der Waals surface area contributed by atoms with Gasteiger partial charge in [0.2, 0.25) is 0 Å². The Morgan fingerprint density at radius 2 is 2.05 bits per heavy atom. The molecule has 0 spiro atoms. The lowest BCUT2D eigenvalue weighted by Gasteiger charge is -2.09. The molecule has 0 saturated heterocycles. The number of rotatable bonds is 3. The summed E-state index contributed by atoms with van der Waals surface area (Å²) in [5.74, 6) is -0.858. The zero-order valence-corrected chi connectivity index (χ0v) is 13.4. The molecule has 1 aromatic heterocycles. The Balaban J connectivity index is 2.29. The van der Waals surface area contributed by atoms with Crippen LogP contribution in [-0.2, 0) is 4.74 Å². The molecular formula is C13H9BrClNO3S. The quantitative estimate of drug-likeness (QED) is 0.819. The minimum atomic E-state index is -0.560. The molecule has 2 aromatic rings. The highest BCUT2D eigenvalue weighted by Gasteiger charge is 2.16. The van der Waals surface area contributed by atoms with Crippen molar-refractivity contribution in [2.75, 3.05) is 12.4 Å². The highest BCUT2D eigenvalue weighted by Crippen LogP contribution is 2.25. The molecule has 0 radical (unpaired) electrons. The van der Waals surface area contributed by atoms with Crippen molar-refractivity contribution in [2.24, 2.45) is 0 Å². The van der Waals surface area contributed by atoms with Gasteiger partial charge in [0.1, 0.15) is 0 Å². The van der Waals surface area contributed by atoms with Gasteiger partial charge in [0.05, 0.1) is 27.0 Å². The number of benzene rings is 1. The normalized spacial score (nSPS) is 10.2. The summed E-state index contributed by atoms with van der Waals surface area (Å²) in [4.78, 5) is 24.3. The monoisotopic (exact) mass is 373 g/mol. The lowest BCUT2D eigenvalue weighted by Crippen LogP contribution is -2.14. The van der Waals surface area contributed by atoms with E-state index < -0.39 is 5.97 Å². The van der Waals surface area contributed by atoms with Gasteiger partial charge in [0, 0.05) is 5.02 Å². The number of amides is 1. The first-order valence-electron chi connectivity index (χ1n) is 5.46. The Hall–Kier alpha value is -1.37. The largest absolute Gasteiger partial charge is 0.465 e. The molecular weight excluding hydrogens is 366 g/mol. The maximum absolute atomic E-state index is 12.1. The highest BCUT2D eigenvalue weighted by atomic mass is 79.9. The number of carbonyl (C=O) groups excluding carboxylic acids is 2. The van der Waals surface area contributed by atoms with Gasteiger partial charge in [-0.15, -0.1) is 11.3 Å². The summed E-state index contributed by atoms with van der Waals surface area (Å²) in [5.41, 5.74) is 0.569. The molecule has 2 rings (SSSR count). The molecule has 0 aliphatic rings. The number of nitrogens with one attached hydrogen (secondary N) is 1. The van der Waals surface area contributed by atoms with Crippen molar-refractivity contribution in [3.63, 3.8) is 0 Å². The topological polar surface area (TPSA) is 55.4 Å². The van der Waals surface area contributed by atoms with Gasteiger partial charge in [-0.3, -0.25) is 4.79 Å². The number of halogens is 2. The van der Waals surface area contributed by atoms with E-state index in [9.17, 15) is 9.59 Å². The molecule has 4 nitrogen and oxygen atoms in total. The first-order valence-corrected chi connectivity index (χ1v) is 7.44. The molecule has 1 amide bonds. The first kappa shape index (κ1) is 15.0. The molecule has 1 aromatic carbocycles. The van der Waals surface area contributed by atoms with Crippen LogP contribution in [0.5, 0.6) is 0 Å². The molecule has 7 heteroatoms. The number of ether oxygens (including phenoxy) is 1. The highest BCUT2D eigenvalue weighted by molar-refractivity contribution is 9.11. The van der Waals surface area contributed by atoms with E-state index in [0.717, 1.165) is 3.79 Å². The lowest BCUT2D eigenvalue weighted by atomic mass is 10.1. The fourth-order valence-corrected chi connectivity index (χ4v) is 2.98. The van der Waals surface area contributed by atoms with E-state index in [4.69, 9.17) is 11.6 Å². The van der Waals surface area contributed by atoms with E-state index in [2.05, 4.69) is 26.0 Å². The van der Waals surface area contributed by atoms with Crippen molar-refractivity contribution >= 4 is 56.4 Å². The van der Waals surface area contributed by atoms with Crippen molar-refractivity contribution in [2.45, 2.75) is 0 Å². The minimum Gasteiger partial charge on any atom is -0.465 e. The van der Waals surface area contributed by atoms with Gasteiger partial charge in [-0.2, -0.15) is 0 Å². The first-order chi connectivity index (χ1) is 9.51. The van der Waals surface area contributed by atoms with E-state index in [1.54, 1.807) is 24.3 Å². The van der Waals surface area contributed by atoms with Crippen molar-refractivity contribution in [1.29, 1.82) is 0 Å². The molecule has 0 aliphatic heterocycles. The van der Waals surface area contributed by atoms with E-state index in [-0.39, 0.29) is 11.5 Å². The molecule has 0 bridgehead atoms. The smallest absolute Gasteiger partial charge is 0.340 e. The van der Waals surface area contributed by atoms with Gasteiger partial charge in [-0.1, -0.05) is 11.6 Å². The summed E-state index contributed by atoms with van der Waals surface area (Å²) in [6.07, 6.45) is 0. The maximum Gasteiger partial charge on any atom is 0.340 e. The SMILES string of the molecule is COC(=O)c1cc(Cl)ccc1NC(=O)c1ccc(Br)s1. The van der Waals surface area contributed by atoms with Crippen molar-refractivity contribution in [3.8, 4) is 0 Å². The number of esters is 1. The van der Waals surface area contributed by atoms with Crippen LogP contribution in [0.25, 0.3) is 0 Å². The number of carbonyl (C=O) groups is 2. The summed E-state index contributed by atoms with van der Waals surface area (Å²) < 4.78 is 5.52. The van der Waals surface area contributed by atoms with Crippen LogP contribution in [0.4, 0.5) is 5.69 Å². The number of anilines is 1. The zero-order valence-electron chi connectivity index (χ0n) is 10.3. The average Bonchev–Trinajstić information content (AvgIpc) is 2.86. The summed E-state index contributed by atoms with van der Waals surface area (Å²) >= 11 is 10.4. The lowest BCUT2D eigenvalue weighted by molar-refractivity contribution is 0.0602. The molecule has 0 unspecified atom stereocenters. The summed E-state index contributed by atoms with van der Waals surface area (Å²) in [6.45, 7) is 0. The zero-order chi connectivity index (χ0) is 14.7. The Labute approximate surface area is 132 Å². The van der Waals surface area contributed by atoms with E-state index >= 15 is 0 Å². The molecule has 104 valence electrons. The number of hydrogen-bond donors (Lipinski definition) is 1.